The van der Waals surface area contributed by atoms with E-state index < -0.39 is 0 Å². The molecule has 1 N–H and O–H groups in total. The van der Waals surface area contributed by atoms with Gasteiger partial charge in [0.1, 0.15) is 0 Å². The highest BCUT2D eigenvalue weighted by Gasteiger charge is 2.08. The predicted octanol–water partition coefficient (Wildman–Crippen LogP) is 5.37. The van der Waals surface area contributed by atoms with Crippen molar-refractivity contribution >= 4 is 21.4 Å². The van der Waals surface area contributed by atoms with Crippen LogP contribution in [0, 0.1) is 6.92 Å². The van der Waals surface area contributed by atoms with Crippen molar-refractivity contribution in [1.29, 1.82) is 0 Å². The molecule has 2 aromatic carbocycles. The Morgan fingerprint density at radius 1 is 1.05 bits per heavy atom. The molecule has 0 bridgehead atoms. The maximum Gasteiger partial charge on any atom is 0.0421 e. The van der Waals surface area contributed by atoms with E-state index in [0.29, 0.717) is 6.04 Å². The number of nitrogens with one attached hydrogen (secondary N) is 1. The van der Waals surface area contributed by atoms with Gasteiger partial charge in [-0.05, 0) is 52.1 Å². The number of thiophene rings is 1. The highest BCUT2D eigenvalue weighted by Crippen LogP contribution is 2.34. The third-order valence-electron chi connectivity index (χ3n) is 3.79. The zero-order valence-corrected chi connectivity index (χ0v) is 13.6. The Balaban J connectivity index is 2.05. The Kier molecular flexibility index (Phi) is 4.09. The topological polar surface area (TPSA) is 12.0 Å². The number of benzene rings is 2. The van der Waals surface area contributed by atoms with Crippen molar-refractivity contribution in [3.63, 3.8) is 0 Å². The first-order valence-corrected chi connectivity index (χ1v) is 8.32. The lowest BCUT2D eigenvalue weighted by Crippen LogP contribution is -2.21. The van der Waals surface area contributed by atoms with Crippen LogP contribution in [0.1, 0.15) is 25.0 Å². The van der Waals surface area contributed by atoms with Crippen LogP contribution in [0.15, 0.2) is 47.8 Å². The van der Waals surface area contributed by atoms with E-state index in [2.05, 4.69) is 73.9 Å². The number of rotatable bonds is 4. The van der Waals surface area contributed by atoms with Gasteiger partial charge >= 0.3 is 0 Å². The largest absolute Gasteiger partial charge is 0.310 e. The molecule has 0 saturated heterocycles. The fourth-order valence-electron chi connectivity index (χ4n) is 2.60. The maximum absolute atomic E-state index is 3.49. The van der Waals surface area contributed by atoms with Crippen LogP contribution in [0.25, 0.3) is 21.2 Å². The predicted molar refractivity (Wildman–Crippen MR) is 94.0 cm³/mol. The van der Waals surface area contributed by atoms with Crippen molar-refractivity contribution in [2.45, 2.75) is 33.4 Å². The van der Waals surface area contributed by atoms with E-state index in [1.54, 1.807) is 0 Å². The minimum atomic E-state index is 0.510. The molecule has 2 heteroatoms. The van der Waals surface area contributed by atoms with Crippen molar-refractivity contribution in [3.8, 4) is 11.1 Å². The summed E-state index contributed by atoms with van der Waals surface area (Å²) in [4.78, 5) is 0. The lowest BCUT2D eigenvalue weighted by molar-refractivity contribution is 0.589. The molecule has 1 heterocycles. The second-order valence-electron chi connectivity index (χ2n) is 5.83. The molecule has 0 aliphatic heterocycles. The van der Waals surface area contributed by atoms with Gasteiger partial charge in [-0.1, -0.05) is 44.2 Å². The number of aryl methyl sites for hydroxylation is 1. The van der Waals surface area contributed by atoms with E-state index in [1.165, 1.54) is 32.3 Å². The highest BCUT2D eigenvalue weighted by atomic mass is 32.1. The van der Waals surface area contributed by atoms with Gasteiger partial charge in [-0.2, -0.15) is 0 Å². The zero-order valence-electron chi connectivity index (χ0n) is 12.8. The SMILES string of the molecule is Cc1ccc(CNC(C)C)cc1-c1cccc2ccsc12. The zero-order chi connectivity index (χ0) is 14.8. The molecular formula is C19H21NS. The molecule has 21 heavy (non-hydrogen) atoms. The average molecular weight is 295 g/mol. The van der Waals surface area contributed by atoms with Crippen molar-refractivity contribution < 1.29 is 0 Å². The lowest BCUT2D eigenvalue weighted by Gasteiger charge is -2.12. The summed E-state index contributed by atoms with van der Waals surface area (Å²) in [6, 6.07) is 16.1. The summed E-state index contributed by atoms with van der Waals surface area (Å²) in [5.74, 6) is 0. The van der Waals surface area contributed by atoms with Crippen LogP contribution in [-0.2, 0) is 6.54 Å². The summed E-state index contributed by atoms with van der Waals surface area (Å²) in [5.41, 5.74) is 5.39. The molecule has 0 fully saturated rings. The van der Waals surface area contributed by atoms with Crippen molar-refractivity contribution in [1.82, 2.24) is 5.32 Å². The molecule has 3 rings (SSSR count). The fourth-order valence-corrected chi connectivity index (χ4v) is 3.52. The quantitative estimate of drug-likeness (QED) is 0.682. The third-order valence-corrected chi connectivity index (χ3v) is 4.75. The molecule has 0 saturated carbocycles. The summed E-state index contributed by atoms with van der Waals surface area (Å²) >= 11 is 1.83. The van der Waals surface area contributed by atoms with Gasteiger partial charge < -0.3 is 5.32 Å². The standard InChI is InChI=1S/C19H21NS/c1-13(2)20-12-15-8-7-14(3)18(11-15)17-6-4-5-16-9-10-21-19(16)17/h4-11,13,20H,12H2,1-3H3. The molecule has 0 unspecified atom stereocenters. The summed E-state index contributed by atoms with van der Waals surface area (Å²) in [7, 11) is 0. The van der Waals surface area contributed by atoms with Crippen molar-refractivity contribution in [3.05, 3.63) is 59.0 Å². The summed E-state index contributed by atoms with van der Waals surface area (Å²) in [6.45, 7) is 7.48. The minimum Gasteiger partial charge on any atom is -0.310 e. The fraction of sp³-hybridized carbons (Fsp3) is 0.263. The van der Waals surface area contributed by atoms with Gasteiger partial charge in [0.2, 0.25) is 0 Å². The smallest absolute Gasteiger partial charge is 0.0421 e. The minimum absolute atomic E-state index is 0.510. The van der Waals surface area contributed by atoms with Gasteiger partial charge in [-0.25, -0.2) is 0 Å². The number of hydrogen-bond donors (Lipinski definition) is 1. The third kappa shape index (κ3) is 3.02. The normalized spacial score (nSPS) is 11.4. The Morgan fingerprint density at radius 2 is 1.90 bits per heavy atom. The molecule has 0 amide bonds. The first-order valence-electron chi connectivity index (χ1n) is 7.44. The molecule has 0 aliphatic carbocycles. The van der Waals surface area contributed by atoms with Gasteiger partial charge in [0.05, 0.1) is 0 Å². The summed E-state index contributed by atoms with van der Waals surface area (Å²) in [6.07, 6.45) is 0. The molecule has 108 valence electrons. The molecule has 0 spiro atoms. The van der Waals surface area contributed by atoms with Gasteiger partial charge in [0.25, 0.3) is 0 Å². The van der Waals surface area contributed by atoms with Gasteiger partial charge in [-0.15, -0.1) is 11.3 Å². The van der Waals surface area contributed by atoms with E-state index in [9.17, 15) is 0 Å². The molecule has 0 aliphatic rings. The molecule has 3 aromatic rings. The molecule has 1 nitrogen and oxygen atoms in total. The van der Waals surface area contributed by atoms with E-state index in [0.717, 1.165) is 6.54 Å². The number of fused-ring (bicyclic) bond motifs is 1. The molecular weight excluding hydrogens is 274 g/mol. The Morgan fingerprint density at radius 3 is 2.71 bits per heavy atom. The summed E-state index contributed by atoms with van der Waals surface area (Å²) < 4.78 is 1.38. The van der Waals surface area contributed by atoms with Crippen LogP contribution in [-0.4, -0.2) is 6.04 Å². The van der Waals surface area contributed by atoms with E-state index in [-0.39, 0.29) is 0 Å². The van der Waals surface area contributed by atoms with E-state index >= 15 is 0 Å². The molecule has 1 aromatic heterocycles. The van der Waals surface area contributed by atoms with Crippen LogP contribution in [0.3, 0.4) is 0 Å². The number of hydrogen-bond acceptors (Lipinski definition) is 2. The lowest BCUT2D eigenvalue weighted by atomic mass is 9.97. The van der Waals surface area contributed by atoms with Gasteiger partial charge in [0.15, 0.2) is 0 Å². The first-order chi connectivity index (χ1) is 10.1. The van der Waals surface area contributed by atoms with Crippen LogP contribution in [0.2, 0.25) is 0 Å². The van der Waals surface area contributed by atoms with E-state index in [1.807, 2.05) is 11.3 Å². The highest BCUT2D eigenvalue weighted by molar-refractivity contribution is 7.17. The Hall–Kier alpha value is -1.64. The Bertz CT molecular complexity index is 755. The van der Waals surface area contributed by atoms with Crippen molar-refractivity contribution in [2.75, 3.05) is 0 Å². The second kappa shape index (κ2) is 6.00. The Labute approximate surface area is 130 Å². The van der Waals surface area contributed by atoms with Crippen LogP contribution in [0.5, 0.6) is 0 Å². The van der Waals surface area contributed by atoms with Crippen LogP contribution < -0.4 is 5.32 Å². The molecule has 0 atom stereocenters. The van der Waals surface area contributed by atoms with E-state index in [4.69, 9.17) is 0 Å². The van der Waals surface area contributed by atoms with Gasteiger partial charge in [0, 0.05) is 17.3 Å². The first kappa shape index (κ1) is 14.3. The monoisotopic (exact) mass is 295 g/mol. The van der Waals surface area contributed by atoms with Crippen molar-refractivity contribution in [2.24, 2.45) is 0 Å². The molecule has 0 radical (unpaired) electrons. The second-order valence-corrected chi connectivity index (χ2v) is 6.75. The van der Waals surface area contributed by atoms with Crippen LogP contribution >= 0.6 is 11.3 Å². The maximum atomic E-state index is 3.49. The van der Waals surface area contributed by atoms with Crippen LogP contribution in [0.4, 0.5) is 0 Å². The van der Waals surface area contributed by atoms with Gasteiger partial charge in [-0.3, -0.25) is 0 Å². The average Bonchev–Trinajstić information content (AvgIpc) is 2.95. The summed E-state index contributed by atoms with van der Waals surface area (Å²) in [5, 5.41) is 7.00.